The van der Waals surface area contributed by atoms with Crippen molar-refractivity contribution < 1.29 is 0 Å². The van der Waals surface area contributed by atoms with Crippen LogP contribution in [0.4, 0.5) is 0 Å². The van der Waals surface area contributed by atoms with E-state index in [1.807, 2.05) is 0 Å². The van der Waals surface area contributed by atoms with Crippen molar-refractivity contribution in [3.8, 4) is 0 Å². The van der Waals surface area contributed by atoms with Gasteiger partial charge in [-0.2, -0.15) is 0 Å². The summed E-state index contributed by atoms with van der Waals surface area (Å²) in [6, 6.07) is 3.46. The summed E-state index contributed by atoms with van der Waals surface area (Å²) in [6.45, 7) is 0. The van der Waals surface area contributed by atoms with Crippen LogP contribution in [-0.4, -0.2) is 4.98 Å². The molecule has 62 valence electrons. The van der Waals surface area contributed by atoms with E-state index < -0.39 is 0 Å². The molecule has 0 saturated heterocycles. The zero-order valence-corrected chi connectivity index (χ0v) is 8.13. The lowest BCUT2D eigenvalue weighted by Gasteiger charge is -1.95. The highest BCUT2D eigenvalue weighted by atomic mass is 35.5. The molecule has 1 aromatic carbocycles. The van der Waals surface area contributed by atoms with Gasteiger partial charge in [0, 0.05) is 22.1 Å². The van der Waals surface area contributed by atoms with Gasteiger partial charge in [-0.05, 0) is 12.1 Å². The molecule has 0 fully saturated rings. The smallest absolute Gasteiger partial charge is 0.0674 e. The molecule has 2 aromatic rings. The van der Waals surface area contributed by atoms with Crippen LogP contribution in [0.3, 0.4) is 0 Å². The molecule has 0 amide bonds. The van der Waals surface area contributed by atoms with Crippen molar-refractivity contribution in [2.24, 2.45) is 0 Å². The standard InChI is InChI=1S/C8H4Cl3N/c9-4-1-5(10)8-6(11)3-12-7(8)2-4/h1-3,12H. The predicted octanol–water partition coefficient (Wildman–Crippen LogP) is 4.13. The van der Waals surface area contributed by atoms with Gasteiger partial charge in [-0.1, -0.05) is 34.8 Å². The van der Waals surface area contributed by atoms with E-state index in [0.717, 1.165) is 10.9 Å². The lowest BCUT2D eigenvalue weighted by Crippen LogP contribution is -1.70. The van der Waals surface area contributed by atoms with E-state index in [1.165, 1.54) is 0 Å². The predicted molar refractivity (Wildman–Crippen MR) is 53.3 cm³/mol. The molecule has 0 aliphatic rings. The van der Waals surface area contributed by atoms with Crippen molar-refractivity contribution in [1.29, 1.82) is 0 Å². The third-order valence-corrected chi connectivity index (χ3v) is 2.46. The van der Waals surface area contributed by atoms with Gasteiger partial charge >= 0.3 is 0 Å². The maximum atomic E-state index is 5.92. The Morgan fingerprint density at radius 1 is 1.00 bits per heavy atom. The maximum Gasteiger partial charge on any atom is 0.0674 e. The van der Waals surface area contributed by atoms with Gasteiger partial charge in [-0.3, -0.25) is 0 Å². The molecule has 2 rings (SSSR count). The fraction of sp³-hybridized carbons (Fsp3) is 0. The molecule has 4 heteroatoms. The van der Waals surface area contributed by atoms with Gasteiger partial charge in [0.25, 0.3) is 0 Å². The molecule has 0 atom stereocenters. The molecule has 0 aliphatic carbocycles. The van der Waals surface area contributed by atoms with Gasteiger partial charge in [-0.25, -0.2) is 0 Å². The van der Waals surface area contributed by atoms with Crippen molar-refractivity contribution in [1.82, 2.24) is 4.98 Å². The summed E-state index contributed by atoms with van der Waals surface area (Å²) in [5.74, 6) is 0. The van der Waals surface area contributed by atoms with Crippen LogP contribution >= 0.6 is 34.8 Å². The molecule has 0 saturated carbocycles. The fourth-order valence-electron chi connectivity index (χ4n) is 1.14. The number of fused-ring (bicyclic) bond motifs is 1. The molecule has 0 spiro atoms. The van der Waals surface area contributed by atoms with Crippen LogP contribution in [0.1, 0.15) is 0 Å². The van der Waals surface area contributed by atoms with E-state index in [4.69, 9.17) is 34.8 Å². The van der Waals surface area contributed by atoms with E-state index >= 15 is 0 Å². The number of H-pyrrole nitrogens is 1. The summed E-state index contributed by atoms with van der Waals surface area (Å²) in [6.07, 6.45) is 1.69. The molecule has 0 unspecified atom stereocenters. The third kappa shape index (κ3) is 1.18. The number of nitrogens with one attached hydrogen (secondary N) is 1. The SMILES string of the molecule is Clc1cc(Cl)c2c(Cl)c[nH]c2c1. The summed E-state index contributed by atoms with van der Waals surface area (Å²) in [7, 11) is 0. The van der Waals surface area contributed by atoms with Crippen molar-refractivity contribution in [3.63, 3.8) is 0 Å². The van der Waals surface area contributed by atoms with Crippen molar-refractivity contribution >= 4 is 45.7 Å². The van der Waals surface area contributed by atoms with Gasteiger partial charge in [0.05, 0.1) is 10.0 Å². The second-order valence-corrected chi connectivity index (χ2v) is 3.70. The van der Waals surface area contributed by atoms with Gasteiger partial charge < -0.3 is 4.98 Å². The van der Waals surface area contributed by atoms with Crippen molar-refractivity contribution in [3.05, 3.63) is 33.4 Å². The minimum Gasteiger partial charge on any atom is -0.360 e. The van der Waals surface area contributed by atoms with Crippen molar-refractivity contribution in [2.45, 2.75) is 0 Å². The molecule has 1 aromatic heterocycles. The molecular formula is C8H4Cl3N. The van der Waals surface area contributed by atoms with Gasteiger partial charge in [-0.15, -0.1) is 0 Å². The number of halogens is 3. The van der Waals surface area contributed by atoms with Crippen LogP contribution in [0.15, 0.2) is 18.3 Å². The average molecular weight is 220 g/mol. The Bertz CT molecular complexity index is 433. The number of hydrogen-bond donors (Lipinski definition) is 1. The Morgan fingerprint density at radius 2 is 1.75 bits per heavy atom. The Hall–Kier alpha value is -0.370. The number of benzene rings is 1. The monoisotopic (exact) mass is 219 g/mol. The zero-order chi connectivity index (χ0) is 8.72. The largest absolute Gasteiger partial charge is 0.360 e. The van der Waals surface area contributed by atoms with Gasteiger partial charge in [0.2, 0.25) is 0 Å². The first kappa shape index (κ1) is 8.24. The van der Waals surface area contributed by atoms with Gasteiger partial charge in [0.1, 0.15) is 0 Å². The van der Waals surface area contributed by atoms with E-state index in [9.17, 15) is 0 Å². The summed E-state index contributed by atoms with van der Waals surface area (Å²) in [4.78, 5) is 2.97. The first-order valence-electron chi connectivity index (χ1n) is 3.30. The first-order chi connectivity index (χ1) is 5.68. The van der Waals surface area contributed by atoms with E-state index in [0.29, 0.717) is 15.1 Å². The Kier molecular flexibility index (Phi) is 1.95. The fourth-order valence-corrected chi connectivity index (χ4v) is 2.05. The Morgan fingerprint density at radius 3 is 2.50 bits per heavy atom. The molecule has 0 radical (unpaired) electrons. The molecule has 1 nitrogen and oxygen atoms in total. The lowest BCUT2D eigenvalue weighted by atomic mass is 10.2. The lowest BCUT2D eigenvalue weighted by molar-refractivity contribution is 1.48. The second-order valence-electron chi connectivity index (χ2n) is 2.45. The van der Waals surface area contributed by atoms with Crippen LogP contribution in [0.25, 0.3) is 10.9 Å². The molecular weight excluding hydrogens is 216 g/mol. The summed E-state index contributed by atoms with van der Waals surface area (Å²) in [5, 5.41) is 2.61. The minimum absolute atomic E-state index is 0.573. The number of aromatic nitrogens is 1. The highest BCUT2D eigenvalue weighted by Crippen LogP contribution is 2.32. The average Bonchev–Trinajstić information content (AvgIpc) is 2.31. The number of rotatable bonds is 0. The molecule has 1 N–H and O–H groups in total. The number of aromatic amines is 1. The quantitative estimate of drug-likeness (QED) is 0.687. The summed E-state index contributed by atoms with van der Waals surface area (Å²) in [5.41, 5.74) is 0.859. The topological polar surface area (TPSA) is 15.8 Å². The Balaban J connectivity index is 2.93. The highest BCUT2D eigenvalue weighted by Gasteiger charge is 2.06. The minimum atomic E-state index is 0.573. The second kappa shape index (κ2) is 2.84. The van der Waals surface area contributed by atoms with E-state index in [-0.39, 0.29) is 0 Å². The van der Waals surface area contributed by atoms with Crippen LogP contribution < -0.4 is 0 Å². The normalized spacial score (nSPS) is 10.9. The summed E-state index contributed by atoms with van der Waals surface area (Å²) >= 11 is 17.6. The highest BCUT2D eigenvalue weighted by molar-refractivity contribution is 6.43. The third-order valence-electron chi connectivity index (χ3n) is 1.65. The summed E-state index contributed by atoms with van der Waals surface area (Å²) < 4.78 is 0. The van der Waals surface area contributed by atoms with Crippen LogP contribution in [0.2, 0.25) is 15.1 Å². The molecule has 12 heavy (non-hydrogen) atoms. The van der Waals surface area contributed by atoms with E-state index in [2.05, 4.69) is 4.98 Å². The molecule has 0 bridgehead atoms. The Labute approximate surface area is 84.2 Å². The van der Waals surface area contributed by atoms with Crippen LogP contribution in [0, 0.1) is 0 Å². The number of hydrogen-bond acceptors (Lipinski definition) is 0. The van der Waals surface area contributed by atoms with Crippen molar-refractivity contribution in [2.75, 3.05) is 0 Å². The molecule has 1 heterocycles. The maximum absolute atomic E-state index is 5.92. The first-order valence-corrected chi connectivity index (χ1v) is 4.43. The zero-order valence-electron chi connectivity index (χ0n) is 5.87. The van der Waals surface area contributed by atoms with Gasteiger partial charge in [0.15, 0.2) is 0 Å². The van der Waals surface area contributed by atoms with Crippen LogP contribution in [0.5, 0.6) is 0 Å². The van der Waals surface area contributed by atoms with Crippen LogP contribution in [-0.2, 0) is 0 Å². The van der Waals surface area contributed by atoms with E-state index in [1.54, 1.807) is 18.3 Å². The molecule has 0 aliphatic heterocycles.